The molecule has 0 saturated carbocycles. The van der Waals surface area contributed by atoms with Gasteiger partial charge in [-0.3, -0.25) is 4.79 Å². The second-order valence-corrected chi connectivity index (χ2v) is 8.59. The minimum Gasteiger partial charge on any atom is -0.479 e. The normalized spacial score (nSPS) is 17.6. The van der Waals surface area contributed by atoms with Gasteiger partial charge in [-0.25, -0.2) is 4.79 Å². The van der Waals surface area contributed by atoms with Crippen molar-refractivity contribution in [2.45, 2.75) is 103 Å². The zero-order valence-corrected chi connectivity index (χ0v) is 18.3. The highest BCUT2D eigenvalue weighted by molar-refractivity contribution is 5.83. The Morgan fingerprint density at radius 3 is 1.93 bits per heavy atom. The van der Waals surface area contributed by atoms with E-state index in [9.17, 15) is 30.0 Å². The molecule has 0 fully saturated rings. The Balaban J connectivity index is 4.19. The maximum absolute atomic E-state index is 11.9. The lowest BCUT2D eigenvalue weighted by atomic mass is 9.94. The summed E-state index contributed by atoms with van der Waals surface area (Å²) < 4.78 is 0. The van der Waals surface area contributed by atoms with Gasteiger partial charge in [-0.1, -0.05) is 58.1 Å². The summed E-state index contributed by atoms with van der Waals surface area (Å²) in [7, 11) is 0. The molecule has 0 heterocycles. The van der Waals surface area contributed by atoms with E-state index < -0.39 is 36.2 Å². The van der Waals surface area contributed by atoms with Gasteiger partial charge >= 0.3 is 5.97 Å². The maximum Gasteiger partial charge on any atom is 0.335 e. The average molecular weight is 417 g/mol. The van der Waals surface area contributed by atoms with E-state index in [1.54, 1.807) is 0 Å². The lowest BCUT2D eigenvalue weighted by Crippen LogP contribution is -2.50. The Morgan fingerprint density at radius 2 is 1.38 bits per heavy atom. The fourth-order valence-electron chi connectivity index (χ4n) is 3.17. The van der Waals surface area contributed by atoms with Crippen molar-refractivity contribution in [3.05, 3.63) is 11.6 Å². The van der Waals surface area contributed by atoms with Crippen molar-refractivity contribution >= 4 is 11.8 Å². The van der Waals surface area contributed by atoms with Gasteiger partial charge in [0.15, 0.2) is 11.9 Å². The number of rotatable bonds is 16. The minimum atomic E-state index is -2.28. The quantitative estimate of drug-likeness (QED) is 0.244. The van der Waals surface area contributed by atoms with E-state index >= 15 is 0 Å². The molecule has 0 aliphatic rings. The molecule has 170 valence electrons. The van der Waals surface area contributed by atoms with Crippen molar-refractivity contribution in [1.29, 1.82) is 0 Å². The first-order valence-corrected chi connectivity index (χ1v) is 10.6. The summed E-state index contributed by atoms with van der Waals surface area (Å²) in [5.74, 6) is -1.01. The molecule has 7 heteroatoms. The maximum atomic E-state index is 11.9. The second kappa shape index (κ2) is 14.7. The fraction of sp³-hybridized carbons (Fsp3) is 0.818. The molecule has 5 atom stereocenters. The van der Waals surface area contributed by atoms with Crippen molar-refractivity contribution in [3.8, 4) is 0 Å². The van der Waals surface area contributed by atoms with E-state index in [1.165, 1.54) is 19.3 Å². The van der Waals surface area contributed by atoms with Crippen LogP contribution in [0.15, 0.2) is 11.6 Å². The van der Waals surface area contributed by atoms with Gasteiger partial charge in [0.05, 0.1) is 0 Å². The smallest absolute Gasteiger partial charge is 0.335 e. The fourth-order valence-corrected chi connectivity index (χ4v) is 3.17. The Bertz CT molecular complexity index is 515. The molecule has 29 heavy (non-hydrogen) atoms. The van der Waals surface area contributed by atoms with E-state index in [-0.39, 0.29) is 6.42 Å². The van der Waals surface area contributed by atoms with Gasteiger partial charge in [-0.05, 0) is 38.0 Å². The molecule has 0 spiro atoms. The van der Waals surface area contributed by atoms with Crippen LogP contribution in [-0.2, 0) is 9.59 Å². The average Bonchev–Trinajstić information content (AvgIpc) is 2.64. The first-order valence-electron chi connectivity index (χ1n) is 10.6. The Labute approximate surface area is 174 Å². The van der Waals surface area contributed by atoms with E-state index in [1.807, 2.05) is 13.0 Å². The van der Waals surface area contributed by atoms with Gasteiger partial charge in [0, 0.05) is 6.42 Å². The molecule has 0 aromatic rings. The van der Waals surface area contributed by atoms with Crippen LogP contribution in [0.5, 0.6) is 0 Å². The molecule has 0 bridgehead atoms. The van der Waals surface area contributed by atoms with Crippen molar-refractivity contribution < 1.29 is 35.1 Å². The number of ketones is 1. The molecule has 0 radical (unpaired) electrons. The van der Waals surface area contributed by atoms with Crippen LogP contribution >= 0.6 is 0 Å². The van der Waals surface area contributed by atoms with Gasteiger partial charge in [-0.15, -0.1) is 0 Å². The van der Waals surface area contributed by atoms with Crippen LogP contribution in [0.25, 0.3) is 0 Å². The first kappa shape index (κ1) is 27.7. The molecule has 5 N–H and O–H groups in total. The van der Waals surface area contributed by atoms with Crippen LogP contribution in [-0.4, -0.2) is 61.7 Å². The molecular formula is C22H40O7. The number of hydrogen-bond donors (Lipinski definition) is 5. The number of carbonyl (C=O) groups excluding carboxylic acids is 1. The topological polar surface area (TPSA) is 135 Å². The van der Waals surface area contributed by atoms with Crippen LogP contribution in [0.4, 0.5) is 0 Å². The third-order valence-corrected chi connectivity index (χ3v) is 5.21. The predicted octanol–water partition coefficient (Wildman–Crippen LogP) is 2.44. The Kier molecular flexibility index (Phi) is 14.0. The van der Waals surface area contributed by atoms with Crippen LogP contribution in [0.3, 0.4) is 0 Å². The summed E-state index contributed by atoms with van der Waals surface area (Å²) in [6, 6.07) is 0. The molecule has 7 nitrogen and oxygen atoms in total. The SMILES string of the molecule is CC(=CCCC(=O)C(O)[C@H](O)[C@@H](O)[C@H](O)C(=O)O)CCCC(C)CCCC(C)C. The van der Waals surface area contributed by atoms with E-state index in [0.29, 0.717) is 12.3 Å². The van der Waals surface area contributed by atoms with Crippen molar-refractivity contribution in [2.75, 3.05) is 0 Å². The van der Waals surface area contributed by atoms with E-state index in [0.717, 1.165) is 30.8 Å². The van der Waals surface area contributed by atoms with Crippen LogP contribution < -0.4 is 0 Å². The molecule has 0 rings (SSSR count). The first-order chi connectivity index (χ1) is 13.5. The van der Waals surface area contributed by atoms with Gasteiger partial charge in [0.1, 0.15) is 18.3 Å². The zero-order chi connectivity index (χ0) is 22.6. The second-order valence-electron chi connectivity index (χ2n) is 8.59. The van der Waals surface area contributed by atoms with Crippen LogP contribution in [0, 0.1) is 11.8 Å². The van der Waals surface area contributed by atoms with Crippen molar-refractivity contribution in [2.24, 2.45) is 11.8 Å². The number of Topliss-reactive ketones (excluding diaryl/α,β-unsaturated/α-hetero) is 1. The summed E-state index contributed by atoms with van der Waals surface area (Å²) in [5.41, 5.74) is 1.16. The molecular weight excluding hydrogens is 376 g/mol. The minimum absolute atomic E-state index is 0.0446. The highest BCUT2D eigenvalue weighted by Crippen LogP contribution is 2.19. The van der Waals surface area contributed by atoms with Gasteiger partial charge < -0.3 is 25.5 Å². The molecule has 0 amide bonds. The van der Waals surface area contributed by atoms with Gasteiger partial charge in [-0.2, -0.15) is 0 Å². The molecule has 0 aliphatic carbocycles. The molecule has 2 unspecified atom stereocenters. The highest BCUT2D eigenvalue weighted by atomic mass is 16.4. The molecule has 0 aliphatic heterocycles. The van der Waals surface area contributed by atoms with Crippen LogP contribution in [0.2, 0.25) is 0 Å². The van der Waals surface area contributed by atoms with Gasteiger partial charge in [0.25, 0.3) is 0 Å². The van der Waals surface area contributed by atoms with Crippen molar-refractivity contribution in [3.63, 3.8) is 0 Å². The van der Waals surface area contributed by atoms with Gasteiger partial charge in [0.2, 0.25) is 0 Å². The number of aliphatic hydroxyl groups is 4. The number of carboxylic acids is 1. The lowest BCUT2D eigenvalue weighted by molar-refractivity contribution is -0.165. The predicted molar refractivity (Wildman–Crippen MR) is 111 cm³/mol. The summed E-state index contributed by atoms with van der Waals surface area (Å²) in [4.78, 5) is 22.5. The third kappa shape index (κ3) is 12.1. The Hall–Kier alpha value is -1.28. The summed E-state index contributed by atoms with van der Waals surface area (Å²) >= 11 is 0. The van der Waals surface area contributed by atoms with E-state index in [2.05, 4.69) is 20.8 Å². The summed E-state index contributed by atoms with van der Waals surface area (Å²) in [6.45, 7) is 8.75. The third-order valence-electron chi connectivity index (χ3n) is 5.21. The Morgan fingerprint density at radius 1 is 0.828 bits per heavy atom. The number of hydrogen-bond acceptors (Lipinski definition) is 6. The largest absolute Gasteiger partial charge is 0.479 e. The zero-order valence-electron chi connectivity index (χ0n) is 18.3. The number of carbonyl (C=O) groups is 2. The summed E-state index contributed by atoms with van der Waals surface area (Å²) in [5, 5.41) is 46.8. The van der Waals surface area contributed by atoms with E-state index in [4.69, 9.17) is 5.11 Å². The standard InChI is InChI=1S/C22H40O7/c1-14(2)8-5-9-15(3)10-6-11-16(4)12-7-13-17(23)18(24)19(25)20(26)21(27)22(28)29/h12,14-15,18-21,24-27H,5-11,13H2,1-4H3,(H,28,29)/t15?,18?,19-,20+,21-/m0/s1. The molecule has 0 aromatic heterocycles. The molecule has 0 aromatic carbocycles. The highest BCUT2D eigenvalue weighted by Gasteiger charge is 2.36. The number of aliphatic hydroxyl groups excluding tert-OH is 4. The number of allylic oxidation sites excluding steroid dienone is 2. The lowest BCUT2D eigenvalue weighted by Gasteiger charge is -2.23. The number of aliphatic carboxylic acids is 1. The van der Waals surface area contributed by atoms with Crippen molar-refractivity contribution in [1.82, 2.24) is 0 Å². The number of carboxylic acid groups (broad SMARTS) is 1. The summed E-state index contributed by atoms with van der Waals surface area (Å²) in [6.07, 6.45) is 0.804. The molecule has 0 saturated heterocycles. The van der Waals surface area contributed by atoms with Crippen LogP contribution in [0.1, 0.15) is 79.1 Å². The monoisotopic (exact) mass is 416 g/mol.